The van der Waals surface area contributed by atoms with Crippen molar-refractivity contribution in [2.24, 2.45) is 0 Å². The number of aliphatic hydroxyl groups is 2. The number of carboxylic acid groups (broad SMARTS) is 1. The summed E-state index contributed by atoms with van der Waals surface area (Å²) >= 11 is 0. The number of hydrogen-bond acceptors (Lipinski definition) is 3. The predicted molar refractivity (Wildman–Crippen MR) is 48.3 cm³/mol. The number of carboxylic acids is 1. The van der Waals surface area contributed by atoms with Gasteiger partial charge in [-0.05, 0) is 19.8 Å². The van der Waals surface area contributed by atoms with Crippen LogP contribution in [0.4, 0.5) is 0 Å². The first-order valence-electron chi connectivity index (χ1n) is 4.20. The smallest absolute Gasteiger partial charge is 0.331 e. The van der Waals surface area contributed by atoms with Gasteiger partial charge in [-0.3, -0.25) is 0 Å². The predicted octanol–water partition coefficient (Wildman–Crippen LogP) is 0.539. The summed E-state index contributed by atoms with van der Waals surface area (Å²) in [5.74, 6) is -1.09. The van der Waals surface area contributed by atoms with Crippen LogP contribution in [-0.4, -0.2) is 33.5 Å². The van der Waals surface area contributed by atoms with Gasteiger partial charge in [-0.1, -0.05) is 6.58 Å². The van der Waals surface area contributed by atoms with E-state index < -0.39 is 18.2 Å². The van der Waals surface area contributed by atoms with Crippen molar-refractivity contribution >= 4 is 5.97 Å². The molecule has 0 fully saturated rings. The molecule has 13 heavy (non-hydrogen) atoms. The van der Waals surface area contributed by atoms with E-state index >= 15 is 0 Å². The van der Waals surface area contributed by atoms with Gasteiger partial charge in [0.2, 0.25) is 0 Å². The van der Waals surface area contributed by atoms with Crippen LogP contribution in [-0.2, 0) is 4.79 Å². The maximum atomic E-state index is 10.3. The summed E-state index contributed by atoms with van der Waals surface area (Å²) in [7, 11) is 0. The molecule has 2 unspecified atom stereocenters. The molecule has 0 aromatic carbocycles. The average Bonchev–Trinajstić information content (AvgIpc) is 2.00. The van der Waals surface area contributed by atoms with Crippen molar-refractivity contribution in [1.82, 2.24) is 0 Å². The minimum atomic E-state index is -1.09. The highest BCUT2D eigenvalue weighted by molar-refractivity contribution is 5.85. The van der Waals surface area contributed by atoms with Crippen molar-refractivity contribution < 1.29 is 20.1 Å². The minimum Gasteiger partial charge on any atom is -0.478 e. The van der Waals surface area contributed by atoms with Crippen molar-refractivity contribution in [3.05, 3.63) is 12.2 Å². The van der Waals surface area contributed by atoms with Crippen LogP contribution in [0.3, 0.4) is 0 Å². The van der Waals surface area contributed by atoms with Crippen molar-refractivity contribution in [1.29, 1.82) is 0 Å². The molecule has 0 saturated carbocycles. The molecular formula is C9H16O4. The second-order valence-electron chi connectivity index (χ2n) is 3.19. The minimum absolute atomic E-state index is 0.00177. The summed E-state index contributed by atoms with van der Waals surface area (Å²) in [5.41, 5.74) is -0.00177. The van der Waals surface area contributed by atoms with Crippen LogP contribution >= 0.6 is 0 Å². The average molecular weight is 188 g/mol. The van der Waals surface area contributed by atoms with E-state index in [1.165, 1.54) is 0 Å². The molecule has 0 heterocycles. The topological polar surface area (TPSA) is 77.8 Å². The Bertz CT molecular complexity index is 186. The van der Waals surface area contributed by atoms with E-state index in [0.29, 0.717) is 12.8 Å². The number of aliphatic hydroxyl groups excluding tert-OH is 2. The lowest BCUT2D eigenvalue weighted by atomic mass is 10.0. The molecule has 76 valence electrons. The van der Waals surface area contributed by atoms with E-state index in [4.69, 9.17) is 10.2 Å². The monoisotopic (exact) mass is 188 g/mol. The molecule has 0 bridgehead atoms. The summed E-state index contributed by atoms with van der Waals surface area (Å²) in [5, 5.41) is 26.6. The molecule has 0 aromatic heterocycles. The standard InChI is InChI=1S/C9H16O4/c1-6(9(12)13)5-8(11)4-3-7(2)10/h7-8,10-11H,1,3-5H2,2H3,(H,12,13). The quantitative estimate of drug-likeness (QED) is 0.531. The van der Waals surface area contributed by atoms with Gasteiger partial charge in [0.15, 0.2) is 0 Å². The van der Waals surface area contributed by atoms with Crippen LogP contribution in [0.2, 0.25) is 0 Å². The Morgan fingerprint density at radius 3 is 2.31 bits per heavy atom. The van der Waals surface area contributed by atoms with E-state index in [1.807, 2.05) is 0 Å². The van der Waals surface area contributed by atoms with Crippen LogP contribution in [0.5, 0.6) is 0 Å². The van der Waals surface area contributed by atoms with E-state index in [2.05, 4.69) is 6.58 Å². The van der Waals surface area contributed by atoms with Crippen LogP contribution in [0, 0.1) is 0 Å². The maximum Gasteiger partial charge on any atom is 0.331 e. The first-order chi connectivity index (χ1) is 5.93. The fourth-order valence-corrected chi connectivity index (χ4v) is 0.907. The van der Waals surface area contributed by atoms with Crippen molar-refractivity contribution in [2.75, 3.05) is 0 Å². The fourth-order valence-electron chi connectivity index (χ4n) is 0.907. The molecule has 2 atom stereocenters. The highest BCUT2D eigenvalue weighted by atomic mass is 16.4. The summed E-state index contributed by atoms with van der Waals surface area (Å²) in [4.78, 5) is 10.3. The Morgan fingerprint density at radius 2 is 1.92 bits per heavy atom. The molecule has 3 N–H and O–H groups in total. The number of rotatable bonds is 6. The molecule has 0 aliphatic heterocycles. The van der Waals surface area contributed by atoms with Gasteiger partial charge >= 0.3 is 5.97 Å². The van der Waals surface area contributed by atoms with Gasteiger partial charge < -0.3 is 15.3 Å². The molecule has 0 aliphatic carbocycles. The lowest BCUT2D eigenvalue weighted by Crippen LogP contribution is -2.14. The lowest BCUT2D eigenvalue weighted by molar-refractivity contribution is -0.133. The summed E-state index contributed by atoms with van der Waals surface area (Å²) in [6, 6.07) is 0. The van der Waals surface area contributed by atoms with Crippen LogP contribution in [0.25, 0.3) is 0 Å². The lowest BCUT2D eigenvalue weighted by Gasteiger charge is -2.11. The molecule has 0 amide bonds. The third-order valence-electron chi connectivity index (χ3n) is 1.70. The van der Waals surface area contributed by atoms with Gasteiger partial charge in [0.05, 0.1) is 12.2 Å². The molecular weight excluding hydrogens is 172 g/mol. The zero-order chi connectivity index (χ0) is 10.4. The normalized spacial score (nSPS) is 15.0. The Morgan fingerprint density at radius 1 is 1.38 bits per heavy atom. The van der Waals surface area contributed by atoms with E-state index in [1.54, 1.807) is 6.92 Å². The largest absolute Gasteiger partial charge is 0.478 e. The van der Waals surface area contributed by atoms with Gasteiger partial charge in [0.25, 0.3) is 0 Å². The van der Waals surface area contributed by atoms with E-state index in [-0.39, 0.29) is 12.0 Å². The van der Waals surface area contributed by atoms with E-state index in [9.17, 15) is 9.90 Å². The van der Waals surface area contributed by atoms with Gasteiger partial charge in [-0.15, -0.1) is 0 Å². The second-order valence-corrected chi connectivity index (χ2v) is 3.19. The summed E-state index contributed by atoms with van der Waals surface area (Å²) in [6.45, 7) is 4.92. The molecule has 4 heteroatoms. The number of aliphatic carboxylic acids is 1. The van der Waals surface area contributed by atoms with Gasteiger partial charge in [-0.25, -0.2) is 4.79 Å². The van der Waals surface area contributed by atoms with E-state index in [0.717, 1.165) is 0 Å². The first kappa shape index (κ1) is 12.1. The van der Waals surface area contributed by atoms with Crippen molar-refractivity contribution in [3.63, 3.8) is 0 Å². The first-order valence-corrected chi connectivity index (χ1v) is 4.20. The molecule has 4 nitrogen and oxygen atoms in total. The second kappa shape index (κ2) is 5.72. The molecule has 0 radical (unpaired) electrons. The Labute approximate surface area is 77.5 Å². The fraction of sp³-hybridized carbons (Fsp3) is 0.667. The van der Waals surface area contributed by atoms with Gasteiger partial charge in [0, 0.05) is 12.0 Å². The Hall–Kier alpha value is -0.870. The van der Waals surface area contributed by atoms with Gasteiger partial charge in [-0.2, -0.15) is 0 Å². The van der Waals surface area contributed by atoms with Crippen LogP contribution in [0.1, 0.15) is 26.2 Å². The Kier molecular flexibility index (Phi) is 5.34. The third kappa shape index (κ3) is 6.31. The zero-order valence-electron chi connectivity index (χ0n) is 7.73. The third-order valence-corrected chi connectivity index (χ3v) is 1.70. The van der Waals surface area contributed by atoms with Gasteiger partial charge in [0.1, 0.15) is 0 Å². The zero-order valence-corrected chi connectivity index (χ0v) is 7.73. The van der Waals surface area contributed by atoms with Crippen LogP contribution < -0.4 is 0 Å². The molecule has 0 aromatic rings. The summed E-state index contributed by atoms with van der Waals surface area (Å²) < 4.78 is 0. The summed E-state index contributed by atoms with van der Waals surface area (Å²) in [6.07, 6.45) is -0.272. The Balaban J connectivity index is 3.68. The molecule has 0 rings (SSSR count). The van der Waals surface area contributed by atoms with Crippen molar-refractivity contribution in [2.45, 2.75) is 38.4 Å². The SMILES string of the molecule is C=C(CC(O)CCC(C)O)C(=O)O. The molecule has 0 saturated heterocycles. The number of hydrogen-bond donors (Lipinski definition) is 3. The maximum absolute atomic E-state index is 10.3. The highest BCUT2D eigenvalue weighted by Crippen LogP contribution is 2.09. The molecule has 0 spiro atoms. The van der Waals surface area contributed by atoms with Crippen LogP contribution in [0.15, 0.2) is 12.2 Å². The number of carbonyl (C=O) groups is 1. The van der Waals surface area contributed by atoms with Crippen molar-refractivity contribution in [3.8, 4) is 0 Å². The highest BCUT2D eigenvalue weighted by Gasteiger charge is 2.11. The molecule has 0 aliphatic rings.